The number of rotatable bonds is 6. The van der Waals surface area contributed by atoms with Crippen LogP contribution in [0.4, 0.5) is 0 Å². The topological polar surface area (TPSA) is 101 Å². The molecule has 0 bridgehead atoms. The van der Waals surface area contributed by atoms with E-state index in [0.717, 1.165) is 5.56 Å². The van der Waals surface area contributed by atoms with Crippen LogP contribution in [0.1, 0.15) is 27.4 Å². The summed E-state index contributed by atoms with van der Waals surface area (Å²) >= 11 is 0. The second-order valence-electron chi connectivity index (χ2n) is 5.17. The van der Waals surface area contributed by atoms with E-state index in [0.29, 0.717) is 11.3 Å². The molecule has 0 aliphatic heterocycles. The van der Waals surface area contributed by atoms with Crippen molar-refractivity contribution >= 4 is 15.9 Å². The number of aromatic nitrogens is 1. The minimum absolute atomic E-state index is 0.0439. The molecule has 0 atom stereocenters. The molecule has 2 rings (SSSR count). The molecule has 23 heavy (non-hydrogen) atoms. The number of aryl methyl sites for hydroxylation is 3. The van der Waals surface area contributed by atoms with Crippen LogP contribution in [-0.2, 0) is 10.0 Å². The van der Waals surface area contributed by atoms with Crippen molar-refractivity contribution in [3.05, 3.63) is 46.8 Å². The summed E-state index contributed by atoms with van der Waals surface area (Å²) in [5.41, 5.74) is 1.90. The Labute approximate surface area is 135 Å². The summed E-state index contributed by atoms with van der Waals surface area (Å²) < 4.78 is 31.6. The molecule has 1 amide bonds. The third-order valence-electron chi connectivity index (χ3n) is 3.25. The summed E-state index contributed by atoms with van der Waals surface area (Å²) in [5, 5.41) is 6.28. The molecule has 0 saturated heterocycles. The predicted octanol–water partition coefficient (Wildman–Crippen LogP) is 1.31. The average molecular weight is 337 g/mol. The monoisotopic (exact) mass is 337 g/mol. The lowest BCUT2D eigenvalue weighted by molar-refractivity contribution is 0.0954. The van der Waals surface area contributed by atoms with Crippen molar-refractivity contribution in [1.29, 1.82) is 0 Å². The Bertz CT molecular complexity index is 775. The first-order valence-electron chi connectivity index (χ1n) is 7.08. The summed E-state index contributed by atoms with van der Waals surface area (Å²) in [4.78, 5) is 11.9. The lowest BCUT2D eigenvalue weighted by atomic mass is 10.1. The summed E-state index contributed by atoms with van der Waals surface area (Å²) in [5.74, 6) is -0.0137. The Morgan fingerprint density at radius 1 is 1.13 bits per heavy atom. The number of carbonyl (C=O) groups is 1. The molecule has 1 aromatic carbocycles. The van der Waals surface area contributed by atoms with Crippen LogP contribution in [0.5, 0.6) is 0 Å². The van der Waals surface area contributed by atoms with Crippen molar-refractivity contribution in [3.8, 4) is 0 Å². The van der Waals surface area contributed by atoms with Gasteiger partial charge in [0.1, 0.15) is 10.6 Å². The van der Waals surface area contributed by atoms with Gasteiger partial charge in [-0.3, -0.25) is 4.79 Å². The normalized spacial score (nSPS) is 11.4. The van der Waals surface area contributed by atoms with E-state index in [1.54, 1.807) is 19.1 Å². The third kappa shape index (κ3) is 4.17. The first kappa shape index (κ1) is 17.2. The summed E-state index contributed by atoms with van der Waals surface area (Å²) in [6, 6.07) is 7.13. The maximum Gasteiger partial charge on any atom is 0.251 e. The standard InChI is InChI=1S/C15H19N3O4S/c1-10-4-6-13(7-5-10)15(19)16-8-9-17-23(20,21)14-11(2)18-22-12(14)3/h4-7,17H,8-9H2,1-3H3,(H,16,19). The van der Waals surface area contributed by atoms with E-state index in [1.807, 2.05) is 19.1 Å². The minimum Gasteiger partial charge on any atom is -0.360 e. The molecule has 8 heteroatoms. The highest BCUT2D eigenvalue weighted by Crippen LogP contribution is 2.18. The van der Waals surface area contributed by atoms with Crippen LogP contribution in [0.3, 0.4) is 0 Å². The summed E-state index contributed by atoms with van der Waals surface area (Å²) in [6.45, 7) is 5.28. The van der Waals surface area contributed by atoms with Gasteiger partial charge in [-0.1, -0.05) is 22.9 Å². The Morgan fingerprint density at radius 3 is 2.35 bits per heavy atom. The van der Waals surface area contributed by atoms with Gasteiger partial charge in [0.05, 0.1) is 0 Å². The van der Waals surface area contributed by atoms with E-state index in [9.17, 15) is 13.2 Å². The van der Waals surface area contributed by atoms with Gasteiger partial charge in [-0.15, -0.1) is 0 Å². The highest BCUT2D eigenvalue weighted by Gasteiger charge is 2.23. The van der Waals surface area contributed by atoms with Crippen LogP contribution < -0.4 is 10.0 Å². The highest BCUT2D eigenvalue weighted by atomic mass is 32.2. The lowest BCUT2D eigenvalue weighted by Crippen LogP contribution is -2.35. The Kier molecular flexibility index (Phi) is 5.17. The van der Waals surface area contributed by atoms with E-state index in [-0.39, 0.29) is 29.7 Å². The van der Waals surface area contributed by atoms with Crippen LogP contribution in [0.25, 0.3) is 0 Å². The number of amides is 1. The molecule has 1 heterocycles. The average Bonchev–Trinajstić information content (AvgIpc) is 2.84. The third-order valence-corrected chi connectivity index (χ3v) is 4.96. The molecule has 0 saturated carbocycles. The van der Waals surface area contributed by atoms with Crippen molar-refractivity contribution in [2.75, 3.05) is 13.1 Å². The minimum atomic E-state index is -3.70. The smallest absolute Gasteiger partial charge is 0.251 e. The fourth-order valence-corrected chi connectivity index (χ4v) is 3.46. The van der Waals surface area contributed by atoms with Crippen LogP contribution in [0, 0.1) is 20.8 Å². The lowest BCUT2D eigenvalue weighted by Gasteiger charge is -2.08. The van der Waals surface area contributed by atoms with Gasteiger partial charge in [-0.25, -0.2) is 13.1 Å². The van der Waals surface area contributed by atoms with Crippen LogP contribution in [0.15, 0.2) is 33.7 Å². The van der Waals surface area contributed by atoms with Crippen molar-refractivity contribution in [1.82, 2.24) is 15.2 Å². The summed E-state index contributed by atoms with van der Waals surface area (Å²) in [6.07, 6.45) is 0. The number of hydrogen-bond acceptors (Lipinski definition) is 5. The van der Waals surface area contributed by atoms with Gasteiger partial charge in [0.25, 0.3) is 5.91 Å². The Hall–Kier alpha value is -2.19. The predicted molar refractivity (Wildman–Crippen MR) is 84.7 cm³/mol. The largest absolute Gasteiger partial charge is 0.360 e. The molecule has 2 aromatic rings. The molecule has 0 aliphatic carbocycles. The molecule has 0 fully saturated rings. The van der Waals surface area contributed by atoms with Crippen molar-refractivity contribution in [2.45, 2.75) is 25.7 Å². The maximum atomic E-state index is 12.2. The first-order valence-corrected chi connectivity index (χ1v) is 8.57. The highest BCUT2D eigenvalue weighted by molar-refractivity contribution is 7.89. The van der Waals surface area contributed by atoms with Gasteiger partial charge in [0, 0.05) is 18.7 Å². The molecule has 0 radical (unpaired) electrons. The molecule has 7 nitrogen and oxygen atoms in total. The number of benzene rings is 1. The molecule has 2 N–H and O–H groups in total. The number of sulfonamides is 1. The number of carbonyl (C=O) groups excluding carboxylic acids is 1. The van der Waals surface area contributed by atoms with E-state index in [1.165, 1.54) is 6.92 Å². The van der Waals surface area contributed by atoms with Crippen molar-refractivity contribution < 1.29 is 17.7 Å². The fourth-order valence-electron chi connectivity index (χ4n) is 2.10. The first-order chi connectivity index (χ1) is 10.8. The van der Waals surface area contributed by atoms with E-state index in [4.69, 9.17) is 4.52 Å². The van der Waals surface area contributed by atoms with Crippen LogP contribution in [-0.4, -0.2) is 32.6 Å². The van der Waals surface area contributed by atoms with Gasteiger partial charge < -0.3 is 9.84 Å². The van der Waals surface area contributed by atoms with E-state index in [2.05, 4.69) is 15.2 Å². The zero-order valence-corrected chi connectivity index (χ0v) is 14.0. The quantitative estimate of drug-likeness (QED) is 0.774. The molecule has 0 spiro atoms. The second kappa shape index (κ2) is 6.93. The van der Waals surface area contributed by atoms with Gasteiger partial charge in [0.15, 0.2) is 5.76 Å². The van der Waals surface area contributed by atoms with Crippen molar-refractivity contribution in [3.63, 3.8) is 0 Å². The fraction of sp³-hybridized carbons (Fsp3) is 0.333. The van der Waals surface area contributed by atoms with Crippen LogP contribution in [0.2, 0.25) is 0 Å². The zero-order chi connectivity index (χ0) is 17.0. The van der Waals surface area contributed by atoms with Gasteiger partial charge in [0.2, 0.25) is 10.0 Å². The van der Waals surface area contributed by atoms with Crippen molar-refractivity contribution in [2.24, 2.45) is 0 Å². The Morgan fingerprint density at radius 2 is 1.78 bits per heavy atom. The second-order valence-corrected chi connectivity index (χ2v) is 6.88. The molecular formula is C15H19N3O4S. The van der Waals surface area contributed by atoms with Gasteiger partial charge >= 0.3 is 0 Å². The molecule has 0 aliphatic rings. The SMILES string of the molecule is Cc1ccc(C(=O)NCCNS(=O)(=O)c2c(C)noc2C)cc1. The molecule has 1 aromatic heterocycles. The van der Waals surface area contributed by atoms with Gasteiger partial charge in [-0.05, 0) is 32.9 Å². The van der Waals surface area contributed by atoms with Gasteiger partial charge in [-0.2, -0.15) is 0 Å². The number of nitrogens with one attached hydrogen (secondary N) is 2. The Balaban J connectivity index is 1.88. The number of hydrogen-bond donors (Lipinski definition) is 2. The molecule has 124 valence electrons. The molecule has 0 unspecified atom stereocenters. The number of nitrogens with zero attached hydrogens (tertiary/aromatic N) is 1. The summed E-state index contributed by atoms with van der Waals surface area (Å²) in [7, 11) is -3.70. The van der Waals surface area contributed by atoms with E-state index < -0.39 is 10.0 Å². The molecular weight excluding hydrogens is 318 g/mol. The zero-order valence-electron chi connectivity index (χ0n) is 13.2. The van der Waals surface area contributed by atoms with E-state index >= 15 is 0 Å². The maximum absolute atomic E-state index is 12.2. The van der Waals surface area contributed by atoms with Crippen LogP contribution >= 0.6 is 0 Å².